The van der Waals surface area contributed by atoms with Crippen LogP contribution in [0, 0.1) is 11.3 Å². The van der Waals surface area contributed by atoms with Crippen LogP contribution in [-0.4, -0.2) is 48.5 Å². The average molecular weight is 307 g/mol. The van der Waals surface area contributed by atoms with Crippen LogP contribution in [0.4, 0.5) is 14.5 Å². The maximum atomic E-state index is 14.7. The predicted molar refractivity (Wildman–Crippen MR) is 82.2 cm³/mol. The maximum Gasteiger partial charge on any atom is 0.257 e. The molecule has 1 saturated carbocycles. The number of aromatic nitrogens is 1. The molecule has 5 heteroatoms. The van der Waals surface area contributed by atoms with E-state index in [1.165, 1.54) is 12.8 Å². The van der Waals surface area contributed by atoms with E-state index in [2.05, 4.69) is 14.8 Å². The largest absolute Gasteiger partial charge is 0.369 e. The van der Waals surface area contributed by atoms with Gasteiger partial charge in [-0.25, -0.2) is 8.78 Å². The minimum Gasteiger partial charge on any atom is -0.369 e. The third-order valence-electron chi connectivity index (χ3n) is 5.62. The van der Waals surface area contributed by atoms with Crippen molar-refractivity contribution in [1.82, 2.24) is 9.88 Å². The molecule has 1 aliphatic carbocycles. The van der Waals surface area contributed by atoms with Gasteiger partial charge in [-0.3, -0.25) is 4.98 Å². The van der Waals surface area contributed by atoms with Crippen LogP contribution in [-0.2, 0) is 0 Å². The smallest absolute Gasteiger partial charge is 0.257 e. The number of hydrogen-bond acceptors (Lipinski definition) is 3. The van der Waals surface area contributed by atoms with E-state index in [1.54, 1.807) is 12.4 Å². The minimum atomic E-state index is -2.55. The van der Waals surface area contributed by atoms with Crippen LogP contribution in [0.5, 0.6) is 0 Å². The van der Waals surface area contributed by atoms with Crippen LogP contribution < -0.4 is 4.90 Å². The Hall–Kier alpha value is -1.23. The van der Waals surface area contributed by atoms with Crippen molar-refractivity contribution in [2.24, 2.45) is 11.3 Å². The summed E-state index contributed by atoms with van der Waals surface area (Å²) in [7, 11) is 0. The molecule has 1 aromatic rings. The van der Waals surface area contributed by atoms with Crippen LogP contribution in [0.1, 0.15) is 25.7 Å². The molecule has 22 heavy (non-hydrogen) atoms. The van der Waals surface area contributed by atoms with Gasteiger partial charge in [-0.2, -0.15) is 0 Å². The average Bonchev–Trinajstić information content (AvgIpc) is 3.22. The first-order chi connectivity index (χ1) is 10.6. The fraction of sp³-hybridized carbons (Fsp3) is 0.706. The normalized spacial score (nSPS) is 31.8. The summed E-state index contributed by atoms with van der Waals surface area (Å²) in [6.07, 6.45) is 6.66. The molecule has 0 N–H and O–H groups in total. The van der Waals surface area contributed by atoms with Crippen LogP contribution in [0.2, 0.25) is 0 Å². The number of rotatable bonds is 3. The van der Waals surface area contributed by atoms with E-state index in [-0.39, 0.29) is 6.42 Å². The fourth-order valence-electron chi connectivity index (χ4n) is 4.07. The lowest BCUT2D eigenvalue weighted by Gasteiger charge is -2.46. The van der Waals surface area contributed by atoms with Crippen molar-refractivity contribution in [2.45, 2.75) is 31.6 Å². The molecular formula is C17H23F2N3. The second-order valence-corrected chi connectivity index (χ2v) is 7.30. The molecule has 2 saturated heterocycles. The number of likely N-dealkylation sites (tertiary alicyclic amines) is 1. The lowest BCUT2D eigenvalue weighted by molar-refractivity contribution is -0.157. The van der Waals surface area contributed by atoms with Crippen molar-refractivity contribution in [3.63, 3.8) is 0 Å². The summed E-state index contributed by atoms with van der Waals surface area (Å²) < 4.78 is 29.4. The highest BCUT2D eigenvalue weighted by Gasteiger charge is 2.59. The van der Waals surface area contributed by atoms with E-state index in [0.717, 1.165) is 18.2 Å². The van der Waals surface area contributed by atoms with Gasteiger partial charge in [0.05, 0.1) is 17.3 Å². The molecule has 0 radical (unpaired) electrons. The molecule has 1 aromatic heterocycles. The molecule has 3 fully saturated rings. The molecule has 0 unspecified atom stereocenters. The molecule has 120 valence electrons. The highest BCUT2D eigenvalue weighted by atomic mass is 19.3. The lowest BCUT2D eigenvalue weighted by Crippen LogP contribution is -2.57. The zero-order chi connectivity index (χ0) is 15.2. The Bertz CT molecular complexity index is 532. The van der Waals surface area contributed by atoms with Gasteiger partial charge in [-0.15, -0.1) is 0 Å². The summed E-state index contributed by atoms with van der Waals surface area (Å²) >= 11 is 0. The van der Waals surface area contributed by atoms with Gasteiger partial charge in [0.15, 0.2) is 0 Å². The third-order valence-corrected chi connectivity index (χ3v) is 5.62. The van der Waals surface area contributed by atoms with E-state index in [9.17, 15) is 8.78 Å². The summed E-state index contributed by atoms with van der Waals surface area (Å²) in [5.41, 5.74) is 0.0881. The molecular weight excluding hydrogens is 284 g/mol. The van der Waals surface area contributed by atoms with Crippen molar-refractivity contribution in [1.29, 1.82) is 0 Å². The molecule has 0 amide bonds. The highest BCUT2D eigenvalue weighted by Crippen LogP contribution is 2.50. The Balaban J connectivity index is 1.52. The van der Waals surface area contributed by atoms with E-state index < -0.39 is 11.3 Å². The number of nitrogens with zero attached hydrogens (tertiary/aromatic N) is 3. The molecule has 0 aromatic carbocycles. The van der Waals surface area contributed by atoms with E-state index in [1.807, 2.05) is 12.1 Å². The summed E-state index contributed by atoms with van der Waals surface area (Å²) in [6.45, 7) is 3.28. The minimum absolute atomic E-state index is 0.0145. The Kier molecular flexibility index (Phi) is 3.36. The Labute approximate surface area is 130 Å². The summed E-state index contributed by atoms with van der Waals surface area (Å²) in [5.74, 6) is -1.79. The standard InChI is InChI=1S/C17H23F2N3/c18-17(19)6-8-21(11-14-3-4-14)12-16(17)5-9-22(13-16)15-2-1-7-20-10-15/h1-2,7,10,14H,3-6,8-9,11-13H2/t16-/m1/s1. The van der Waals surface area contributed by atoms with Crippen molar-refractivity contribution in [2.75, 3.05) is 37.6 Å². The van der Waals surface area contributed by atoms with Gasteiger partial charge in [0, 0.05) is 45.3 Å². The number of piperidine rings is 1. The number of hydrogen-bond donors (Lipinski definition) is 0. The van der Waals surface area contributed by atoms with Crippen molar-refractivity contribution in [3.05, 3.63) is 24.5 Å². The first kappa shape index (κ1) is 14.4. The molecule has 3 heterocycles. The van der Waals surface area contributed by atoms with E-state index >= 15 is 0 Å². The van der Waals surface area contributed by atoms with Crippen LogP contribution in [0.3, 0.4) is 0 Å². The molecule has 3 nitrogen and oxygen atoms in total. The first-order valence-corrected chi connectivity index (χ1v) is 8.33. The summed E-state index contributed by atoms with van der Waals surface area (Å²) in [5, 5.41) is 0. The van der Waals surface area contributed by atoms with E-state index in [0.29, 0.717) is 32.6 Å². The van der Waals surface area contributed by atoms with Crippen molar-refractivity contribution in [3.8, 4) is 0 Å². The lowest BCUT2D eigenvalue weighted by atomic mass is 9.75. The van der Waals surface area contributed by atoms with Gasteiger partial charge < -0.3 is 9.80 Å². The number of pyridine rings is 1. The SMILES string of the molecule is FC1(F)CCN(CC2CC2)C[C@@]12CCN(c1cccnc1)C2. The second-order valence-electron chi connectivity index (χ2n) is 7.30. The van der Waals surface area contributed by atoms with Gasteiger partial charge >= 0.3 is 0 Å². The maximum absolute atomic E-state index is 14.7. The topological polar surface area (TPSA) is 19.4 Å². The number of anilines is 1. The second kappa shape index (κ2) is 5.15. The zero-order valence-corrected chi connectivity index (χ0v) is 12.8. The summed E-state index contributed by atoms with van der Waals surface area (Å²) in [6, 6.07) is 3.84. The molecule has 2 aliphatic heterocycles. The van der Waals surface area contributed by atoms with E-state index in [4.69, 9.17) is 0 Å². The van der Waals surface area contributed by atoms with Crippen molar-refractivity contribution < 1.29 is 8.78 Å². The highest BCUT2D eigenvalue weighted by molar-refractivity contribution is 5.45. The first-order valence-electron chi connectivity index (χ1n) is 8.33. The Morgan fingerprint density at radius 1 is 1.18 bits per heavy atom. The number of halogens is 2. The predicted octanol–water partition coefficient (Wildman–Crippen LogP) is 3.03. The zero-order valence-electron chi connectivity index (χ0n) is 12.8. The molecule has 1 atom stereocenters. The van der Waals surface area contributed by atoms with Gasteiger partial charge in [0.1, 0.15) is 0 Å². The monoisotopic (exact) mass is 307 g/mol. The number of alkyl halides is 2. The fourth-order valence-corrected chi connectivity index (χ4v) is 4.07. The van der Waals surface area contributed by atoms with Gasteiger partial charge in [0.2, 0.25) is 0 Å². The molecule has 4 rings (SSSR count). The molecule has 3 aliphatic rings. The van der Waals surface area contributed by atoms with Crippen LogP contribution >= 0.6 is 0 Å². The van der Waals surface area contributed by atoms with Gasteiger partial charge in [0.25, 0.3) is 5.92 Å². The van der Waals surface area contributed by atoms with Crippen molar-refractivity contribution >= 4 is 5.69 Å². The molecule has 0 bridgehead atoms. The van der Waals surface area contributed by atoms with Gasteiger partial charge in [-0.1, -0.05) is 0 Å². The summed E-state index contributed by atoms with van der Waals surface area (Å²) in [4.78, 5) is 8.50. The van der Waals surface area contributed by atoms with Crippen LogP contribution in [0.25, 0.3) is 0 Å². The quantitative estimate of drug-likeness (QED) is 0.855. The van der Waals surface area contributed by atoms with Crippen LogP contribution in [0.15, 0.2) is 24.5 Å². The third kappa shape index (κ3) is 2.49. The molecule has 1 spiro atoms. The Morgan fingerprint density at radius 2 is 2.05 bits per heavy atom. The van der Waals surface area contributed by atoms with Gasteiger partial charge in [-0.05, 0) is 37.3 Å². The Morgan fingerprint density at radius 3 is 2.77 bits per heavy atom.